The van der Waals surface area contributed by atoms with Crippen molar-refractivity contribution in [3.8, 4) is 6.07 Å². The van der Waals surface area contributed by atoms with Gasteiger partial charge >= 0.3 is 0 Å². The first kappa shape index (κ1) is 15.2. The van der Waals surface area contributed by atoms with E-state index in [1.165, 1.54) is 50.8 Å². The van der Waals surface area contributed by atoms with Crippen LogP contribution in [-0.4, -0.2) is 26.5 Å². The fourth-order valence-corrected chi connectivity index (χ4v) is 2.74. The van der Waals surface area contributed by atoms with Crippen molar-refractivity contribution in [1.29, 1.82) is 5.26 Å². The first-order chi connectivity index (χ1) is 11.3. The van der Waals surface area contributed by atoms with Gasteiger partial charge in [0, 0.05) is 12.6 Å². The molecule has 3 rings (SSSR count). The zero-order valence-electron chi connectivity index (χ0n) is 12.9. The van der Waals surface area contributed by atoms with Crippen LogP contribution in [0.4, 0.5) is 17.5 Å². The number of nitrogens with one attached hydrogen (secondary N) is 2. The Balaban J connectivity index is 1.59. The molecule has 1 fully saturated rings. The van der Waals surface area contributed by atoms with Crippen LogP contribution in [0.25, 0.3) is 0 Å². The lowest BCUT2D eigenvalue weighted by atomic mass is 9.89. The van der Waals surface area contributed by atoms with Crippen LogP contribution < -0.4 is 10.6 Å². The van der Waals surface area contributed by atoms with E-state index in [-0.39, 0.29) is 5.69 Å². The fraction of sp³-hybridized carbons (Fsp3) is 0.438. The SMILES string of the molecule is N#Cc1cnc(Nc2cc(NCC3CCCCC3)ncn2)cn1. The average molecular weight is 309 g/mol. The summed E-state index contributed by atoms with van der Waals surface area (Å²) in [5, 5.41) is 15.2. The molecule has 0 unspecified atom stereocenters. The van der Waals surface area contributed by atoms with E-state index in [1.807, 2.05) is 12.1 Å². The first-order valence-corrected chi connectivity index (χ1v) is 7.88. The van der Waals surface area contributed by atoms with Gasteiger partial charge in [0.1, 0.15) is 29.9 Å². The number of aromatic nitrogens is 4. The number of nitrogens with zero attached hydrogens (tertiary/aromatic N) is 5. The van der Waals surface area contributed by atoms with Crippen LogP contribution in [0.3, 0.4) is 0 Å². The molecular weight excluding hydrogens is 290 g/mol. The minimum atomic E-state index is 0.285. The fourth-order valence-electron chi connectivity index (χ4n) is 2.74. The van der Waals surface area contributed by atoms with E-state index in [2.05, 4.69) is 30.6 Å². The highest BCUT2D eigenvalue weighted by molar-refractivity contribution is 5.54. The smallest absolute Gasteiger partial charge is 0.158 e. The summed E-state index contributed by atoms with van der Waals surface area (Å²) in [4.78, 5) is 16.5. The summed E-state index contributed by atoms with van der Waals surface area (Å²) in [6.45, 7) is 0.952. The van der Waals surface area contributed by atoms with Gasteiger partial charge in [0.15, 0.2) is 5.69 Å². The minimum Gasteiger partial charge on any atom is -0.370 e. The number of anilines is 3. The summed E-state index contributed by atoms with van der Waals surface area (Å²) < 4.78 is 0. The second-order valence-corrected chi connectivity index (χ2v) is 5.70. The lowest BCUT2D eigenvalue weighted by Gasteiger charge is -2.22. The summed E-state index contributed by atoms with van der Waals surface area (Å²) in [5.41, 5.74) is 0.285. The molecule has 0 aliphatic heterocycles. The van der Waals surface area contributed by atoms with Gasteiger partial charge in [-0.2, -0.15) is 5.26 Å². The molecule has 0 saturated heterocycles. The van der Waals surface area contributed by atoms with Crippen LogP contribution in [0.2, 0.25) is 0 Å². The van der Waals surface area contributed by atoms with Gasteiger partial charge < -0.3 is 10.6 Å². The average Bonchev–Trinajstić information content (AvgIpc) is 2.62. The molecule has 2 N–H and O–H groups in total. The van der Waals surface area contributed by atoms with Gasteiger partial charge in [0.2, 0.25) is 0 Å². The third-order valence-corrected chi connectivity index (χ3v) is 3.99. The molecule has 23 heavy (non-hydrogen) atoms. The van der Waals surface area contributed by atoms with Crippen LogP contribution in [0.5, 0.6) is 0 Å². The lowest BCUT2D eigenvalue weighted by Crippen LogP contribution is -2.17. The molecule has 2 aromatic rings. The third-order valence-electron chi connectivity index (χ3n) is 3.99. The zero-order valence-corrected chi connectivity index (χ0v) is 12.9. The second-order valence-electron chi connectivity index (χ2n) is 5.70. The highest BCUT2D eigenvalue weighted by Crippen LogP contribution is 2.24. The van der Waals surface area contributed by atoms with Gasteiger partial charge in [-0.25, -0.2) is 19.9 Å². The Morgan fingerprint density at radius 1 is 1.00 bits per heavy atom. The first-order valence-electron chi connectivity index (χ1n) is 7.88. The molecule has 1 aliphatic carbocycles. The van der Waals surface area contributed by atoms with E-state index in [4.69, 9.17) is 5.26 Å². The predicted molar refractivity (Wildman–Crippen MR) is 87.1 cm³/mol. The molecule has 7 heteroatoms. The zero-order chi connectivity index (χ0) is 15.9. The summed E-state index contributed by atoms with van der Waals surface area (Å²) in [7, 11) is 0. The van der Waals surface area contributed by atoms with Crippen molar-refractivity contribution >= 4 is 17.5 Å². The molecule has 0 spiro atoms. The largest absolute Gasteiger partial charge is 0.370 e. The monoisotopic (exact) mass is 309 g/mol. The molecule has 0 bridgehead atoms. The quantitative estimate of drug-likeness (QED) is 0.876. The molecule has 7 nitrogen and oxygen atoms in total. The van der Waals surface area contributed by atoms with Crippen molar-refractivity contribution in [1.82, 2.24) is 19.9 Å². The Hall–Kier alpha value is -2.75. The molecule has 2 aromatic heterocycles. The minimum absolute atomic E-state index is 0.285. The van der Waals surface area contributed by atoms with E-state index in [1.54, 1.807) is 0 Å². The maximum absolute atomic E-state index is 8.72. The Morgan fingerprint density at radius 2 is 1.83 bits per heavy atom. The van der Waals surface area contributed by atoms with Gasteiger partial charge in [-0.15, -0.1) is 0 Å². The van der Waals surface area contributed by atoms with Crippen molar-refractivity contribution in [3.05, 3.63) is 30.5 Å². The van der Waals surface area contributed by atoms with Crippen LogP contribution in [0.15, 0.2) is 24.8 Å². The molecule has 0 aromatic carbocycles. The van der Waals surface area contributed by atoms with E-state index in [0.29, 0.717) is 11.6 Å². The van der Waals surface area contributed by atoms with Crippen molar-refractivity contribution in [2.45, 2.75) is 32.1 Å². The molecule has 0 radical (unpaired) electrons. The second kappa shape index (κ2) is 7.49. The van der Waals surface area contributed by atoms with Gasteiger partial charge in [0.25, 0.3) is 0 Å². The normalized spacial score (nSPS) is 14.9. The summed E-state index contributed by atoms with van der Waals surface area (Å²) in [6, 6.07) is 3.79. The van der Waals surface area contributed by atoms with Crippen molar-refractivity contribution in [3.63, 3.8) is 0 Å². The lowest BCUT2D eigenvalue weighted by molar-refractivity contribution is 0.373. The molecule has 1 saturated carbocycles. The van der Waals surface area contributed by atoms with Crippen molar-refractivity contribution in [2.24, 2.45) is 5.92 Å². The molecule has 118 valence electrons. The Bertz CT molecular complexity index is 672. The van der Waals surface area contributed by atoms with Crippen molar-refractivity contribution in [2.75, 3.05) is 17.2 Å². The standard InChI is InChI=1S/C16H19N7/c17-7-13-9-20-16(10-18-13)23-15-6-14(21-11-22-15)19-8-12-4-2-1-3-5-12/h6,9-12H,1-5,8H2,(H2,19,20,21,22,23). The molecule has 2 heterocycles. The summed E-state index contributed by atoms with van der Waals surface area (Å²) >= 11 is 0. The van der Waals surface area contributed by atoms with Crippen LogP contribution in [-0.2, 0) is 0 Å². The molecule has 0 atom stereocenters. The van der Waals surface area contributed by atoms with Gasteiger partial charge in [-0.05, 0) is 18.8 Å². The van der Waals surface area contributed by atoms with E-state index in [9.17, 15) is 0 Å². The number of rotatable bonds is 5. The van der Waals surface area contributed by atoms with E-state index in [0.717, 1.165) is 18.3 Å². The van der Waals surface area contributed by atoms with Gasteiger partial charge in [-0.3, -0.25) is 0 Å². The van der Waals surface area contributed by atoms with E-state index >= 15 is 0 Å². The summed E-state index contributed by atoms with van der Waals surface area (Å²) in [5.74, 6) is 2.72. The molecule has 0 amide bonds. The van der Waals surface area contributed by atoms with E-state index < -0.39 is 0 Å². The van der Waals surface area contributed by atoms with Crippen LogP contribution >= 0.6 is 0 Å². The van der Waals surface area contributed by atoms with Crippen LogP contribution in [0, 0.1) is 17.2 Å². The maximum atomic E-state index is 8.72. The van der Waals surface area contributed by atoms with Gasteiger partial charge in [0.05, 0.1) is 12.4 Å². The highest BCUT2D eigenvalue weighted by atomic mass is 15.1. The highest BCUT2D eigenvalue weighted by Gasteiger charge is 2.13. The summed E-state index contributed by atoms with van der Waals surface area (Å²) in [6.07, 6.45) is 11.1. The van der Waals surface area contributed by atoms with Crippen LogP contribution in [0.1, 0.15) is 37.8 Å². The number of hydrogen-bond donors (Lipinski definition) is 2. The van der Waals surface area contributed by atoms with Gasteiger partial charge in [-0.1, -0.05) is 19.3 Å². The predicted octanol–water partition coefficient (Wildman–Crippen LogP) is 2.87. The molecule has 1 aliphatic rings. The Morgan fingerprint density at radius 3 is 2.57 bits per heavy atom. The number of nitriles is 1. The Labute approximate surface area is 135 Å². The molecular formula is C16H19N7. The maximum Gasteiger partial charge on any atom is 0.158 e. The number of hydrogen-bond acceptors (Lipinski definition) is 7. The topological polar surface area (TPSA) is 99.4 Å². The Kier molecular flexibility index (Phi) is 4.94. The third kappa shape index (κ3) is 4.36. The van der Waals surface area contributed by atoms with Crippen molar-refractivity contribution < 1.29 is 0 Å².